The van der Waals surface area contributed by atoms with E-state index in [9.17, 15) is 0 Å². The van der Waals surface area contributed by atoms with Crippen LogP contribution in [0.2, 0.25) is 0 Å². The van der Waals surface area contributed by atoms with Crippen LogP contribution in [0.25, 0.3) is 0 Å². The van der Waals surface area contributed by atoms with Gasteiger partial charge in [0.1, 0.15) is 0 Å². The van der Waals surface area contributed by atoms with Crippen LogP contribution in [0.15, 0.2) is 0 Å². The van der Waals surface area contributed by atoms with Crippen molar-refractivity contribution in [2.45, 2.75) is 90.6 Å². The molecule has 2 unspecified atom stereocenters. The Labute approximate surface area is 126 Å². The van der Waals surface area contributed by atoms with Gasteiger partial charge >= 0.3 is 0 Å². The predicted molar refractivity (Wildman–Crippen MR) is 86.2 cm³/mol. The highest BCUT2D eigenvalue weighted by Crippen LogP contribution is 2.25. The van der Waals surface area contributed by atoms with E-state index in [0.29, 0.717) is 6.10 Å². The van der Waals surface area contributed by atoms with Crippen LogP contribution >= 0.6 is 0 Å². The molecule has 1 heterocycles. The Morgan fingerprint density at radius 1 is 0.800 bits per heavy atom. The van der Waals surface area contributed by atoms with E-state index in [1.54, 1.807) is 0 Å². The molecular weight excluding hydrogens is 248 g/mol. The first-order valence-corrected chi connectivity index (χ1v) is 9.07. The first kappa shape index (κ1) is 18.0. The fraction of sp³-hybridized carbons (Fsp3) is 1.00. The lowest BCUT2D eigenvalue weighted by Gasteiger charge is -2.30. The van der Waals surface area contributed by atoms with E-state index in [1.165, 1.54) is 70.6 Å². The highest BCUT2D eigenvalue weighted by molar-refractivity contribution is 4.73. The summed E-state index contributed by atoms with van der Waals surface area (Å²) in [5.74, 6) is 0.730. The first-order valence-electron chi connectivity index (χ1n) is 9.07. The third-order valence-electron chi connectivity index (χ3n) is 4.47. The lowest BCUT2D eigenvalue weighted by atomic mass is 9.89. The Bertz CT molecular complexity index is 200. The standard InChI is InChI=1S/C18H36O2/c1-3-5-7-9-11-13-17(12-10-8-6-4-2)18-16-19-14-15-20-18/h17-18H,3-16H2,1-2H3. The molecule has 20 heavy (non-hydrogen) atoms. The number of ether oxygens (including phenoxy) is 2. The van der Waals surface area contributed by atoms with E-state index in [4.69, 9.17) is 9.47 Å². The van der Waals surface area contributed by atoms with Crippen LogP contribution < -0.4 is 0 Å². The SMILES string of the molecule is CCCCCCCC(CCCCCC)C1COCCO1. The summed E-state index contributed by atoms with van der Waals surface area (Å²) < 4.78 is 11.6. The molecule has 2 atom stereocenters. The molecule has 0 bridgehead atoms. The summed E-state index contributed by atoms with van der Waals surface area (Å²) in [5.41, 5.74) is 0. The Morgan fingerprint density at radius 2 is 1.40 bits per heavy atom. The molecule has 1 rings (SSSR count). The minimum Gasteiger partial charge on any atom is -0.376 e. The monoisotopic (exact) mass is 284 g/mol. The summed E-state index contributed by atoms with van der Waals surface area (Å²) >= 11 is 0. The van der Waals surface area contributed by atoms with Crippen LogP contribution in [0.5, 0.6) is 0 Å². The Hall–Kier alpha value is -0.0800. The number of unbranched alkanes of at least 4 members (excludes halogenated alkanes) is 7. The van der Waals surface area contributed by atoms with E-state index < -0.39 is 0 Å². The van der Waals surface area contributed by atoms with Gasteiger partial charge < -0.3 is 9.47 Å². The maximum Gasteiger partial charge on any atom is 0.0837 e. The molecule has 0 aromatic rings. The van der Waals surface area contributed by atoms with Gasteiger partial charge in [-0.05, 0) is 18.8 Å². The minimum absolute atomic E-state index is 0.372. The number of rotatable bonds is 12. The largest absolute Gasteiger partial charge is 0.376 e. The van der Waals surface area contributed by atoms with Crippen LogP contribution in [0.4, 0.5) is 0 Å². The molecule has 0 aromatic heterocycles. The lowest BCUT2D eigenvalue weighted by Crippen LogP contribution is -2.35. The van der Waals surface area contributed by atoms with Crippen molar-refractivity contribution < 1.29 is 9.47 Å². The smallest absolute Gasteiger partial charge is 0.0837 e. The van der Waals surface area contributed by atoms with Gasteiger partial charge in [0.15, 0.2) is 0 Å². The third kappa shape index (κ3) is 8.26. The highest BCUT2D eigenvalue weighted by atomic mass is 16.6. The zero-order valence-electron chi connectivity index (χ0n) is 13.9. The molecule has 0 aromatic carbocycles. The van der Waals surface area contributed by atoms with Gasteiger partial charge in [0.25, 0.3) is 0 Å². The normalized spacial score (nSPS) is 21.0. The van der Waals surface area contributed by atoms with E-state index in [1.807, 2.05) is 0 Å². The van der Waals surface area contributed by atoms with Crippen molar-refractivity contribution in [3.8, 4) is 0 Å². The molecule has 0 radical (unpaired) electrons. The summed E-state index contributed by atoms with van der Waals surface area (Å²) in [6, 6.07) is 0. The molecule has 1 fully saturated rings. The van der Waals surface area contributed by atoms with Crippen LogP contribution in [-0.4, -0.2) is 25.9 Å². The van der Waals surface area contributed by atoms with Gasteiger partial charge in [0.05, 0.1) is 25.9 Å². The summed E-state index contributed by atoms with van der Waals surface area (Å²) in [7, 11) is 0. The Balaban J connectivity index is 2.22. The summed E-state index contributed by atoms with van der Waals surface area (Å²) in [5, 5.41) is 0. The van der Waals surface area contributed by atoms with Gasteiger partial charge in [-0.2, -0.15) is 0 Å². The Morgan fingerprint density at radius 3 is 1.95 bits per heavy atom. The molecule has 0 spiro atoms. The average molecular weight is 284 g/mol. The molecular formula is C18H36O2. The van der Waals surface area contributed by atoms with E-state index in [-0.39, 0.29) is 0 Å². The fourth-order valence-corrected chi connectivity index (χ4v) is 3.14. The van der Waals surface area contributed by atoms with Crippen LogP contribution in [0.1, 0.15) is 84.5 Å². The van der Waals surface area contributed by atoms with Crippen LogP contribution in [0, 0.1) is 5.92 Å². The molecule has 1 aliphatic heterocycles. The van der Waals surface area contributed by atoms with E-state index in [2.05, 4.69) is 13.8 Å². The fourth-order valence-electron chi connectivity index (χ4n) is 3.14. The lowest BCUT2D eigenvalue weighted by molar-refractivity contribution is -0.113. The van der Waals surface area contributed by atoms with Gasteiger partial charge in [-0.15, -0.1) is 0 Å². The second-order valence-electron chi connectivity index (χ2n) is 6.30. The summed E-state index contributed by atoms with van der Waals surface area (Å²) in [6.45, 7) is 6.97. The van der Waals surface area contributed by atoms with Gasteiger partial charge in [-0.25, -0.2) is 0 Å². The molecule has 1 saturated heterocycles. The Kier molecular flexibility index (Phi) is 11.4. The average Bonchev–Trinajstić information content (AvgIpc) is 2.50. The molecule has 0 amide bonds. The molecule has 2 nitrogen and oxygen atoms in total. The van der Waals surface area contributed by atoms with Gasteiger partial charge in [0, 0.05) is 0 Å². The predicted octanol–water partition coefficient (Wildman–Crippen LogP) is 5.35. The van der Waals surface area contributed by atoms with Gasteiger partial charge in [-0.1, -0.05) is 71.6 Å². The third-order valence-corrected chi connectivity index (χ3v) is 4.47. The van der Waals surface area contributed by atoms with Crippen molar-refractivity contribution >= 4 is 0 Å². The van der Waals surface area contributed by atoms with Gasteiger partial charge in [0.2, 0.25) is 0 Å². The van der Waals surface area contributed by atoms with Gasteiger partial charge in [-0.3, -0.25) is 0 Å². The quantitative estimate of drug-likeness (QED) is 0.450. The summed E-state index contributed by atoms with van der Waals surface area (Å²) in [4.78, 5) is 0. The van der Waals surface area contributed by atoms with Crippen LogP contribution in [-0.2, 0) is 9.47 Å². The van der Waals surface area contributed by atoms with Crippen molar-refractivity contribution in [1.82, 2.24) is 0 Å². The van der Waals surface area contributed by atoms with Crippen molar-refractivity contribution in [1.29, 1.82) is 0 Å². The van der Waals surface area contributed by atoms with E-state index >= 15 is 0 Å². The van der Waals surface area contributed by atoms with Crippen molar-refractivity contribution in [3.05, 3.63) is 0 Å². The maximum atomic E-state index is 5.95. The second-order valence-corrected chi connectivity index (χ2v) is 6.30. The molecule has 120 valence electrons. The molecule has 2 heteroatoms. The topological polar surface area (TPSA) is 18.5 Å². The molecule has 0 N–H and O–H groups in total. The maximum absolute atomic E-state index is 5.95. The minimum atomic E-state index is 0.372. The van der Waals surface area contributed by atoms with Crippen molar-refractivity contribution in [2.24, 2.45) is 5.92 Å². The number of hydrogen-bond acceptors (Lipinski definition) is 2. The van der Waals surface area contributed by atoms with Crippen LogP contribution in [0.3, 0.4) is 0 Å². The summed E-state index contributed by atoms with van der Waals surface area (Å²) in [6.07, 6.45) is 15.4. The molecule has 0 saturated carbocycles. The second kappa shape index (κ2) is 12.6. The van der Waals surface area contributed by atoms with Crippen molar-refractivity contribution in [2.75, 3.05) is 19.8 Å². The zero-order valence-corrected chi connectivity index (χ0v) is 13.9. The van der Waals surface area contributed by atoms with E-state index in [0.717, 1.165) is 25.7 Å². The molecule has 1 aliphatic rings. The van der Waals surface area contributed by atoms with Crippen molar-refractivity contribution in [3.63, 3.8) is 0 Å². The zero-order chi connectivity index (χ0) is 14.5. The first-order chi connectivity index (χ1) is 9.88. The highest BCUT2D eigenvalue weighted by Gasteiger charge is 2.24. The molecule has 0 aliphatic carbocycles. The number of hydrogen-bond donors (Lipinski definition) is 0.